The zero-order chi connectivity index (χ0) is 19.7. The zero-order valence-electron chi connectivity index (χ0n) is 15.9. The summed E-state index contributed by atoms with van der Waals surface area (Å²) in [6.07, 6.45) is 1.75. The summed E-state index contributed by atoms with van der Waals surface area (Å²) < 4.78 is 7.07. The van der Waals surface area contributed by atoms with Crippen LogP contribution in [0.1, 0.15) is 21.7 Å². The van der Waals surface area contributed by atoms with Crippen molar-refractivity contribution in [2.24, 2.45) is 0 Å². The summed E-state index contributed by atoms with van der Waals surface area (Å²) in [5.74, 6) is 0.541. The Morgan fingerprint density at radius 2 is 1.93 bits per heavy atom. The fourth-order valence-electron chi connectivity index (χ4n) is 3.15. The first-order chi connectivity index (χ1) is 13.5. The number of ether oxygens (including phenoxy) is 1. The average molecular weight is 372 g/mol. The molecule has 4 aromatic rings. The van der Waals surface area contributed by atoms with Gasteiger partial charge < -0.3 is 10.1 Å². The van der Waals surface area contributed by atoms with Crippen LogP contribution in [0.2, 0.25) is 0 Å². The van der Waals surface area contributed by atoms with Crippen LogP contribution >= 0.6 is 0 Å². The minimum absolute atomic E-state index is 0.197. The fourth-order valence-corrected chi connectivity index (χ4v) is 3.15. The molecular weight excluding hydrogens is 352 g/mol. The van der Waals surface area contributed by atoms with Gasteiger partial charge in [-0.2, -0.15) is 5.10 Å². The Hall–Kier alpha value is -3.67. The lowest BCUT2D eigenvalue weighted by molar-refractivity contribution is 0.102. The normalized spacial score (nSPS) is 10.8. The number of rotatable bonds is 4. The first kappa shape index (κ1) is 17.7. The van der Waals surface area contributed by atoms with Crippen LogP contribution in [0.4, 0.5) is 5.69 Å². The van der Waals surface area contributed by atoms with Gasteiger partial charge in [-0.25, -0.2) is 4.68 Å². The minimum atomic E-state index is -0.197. The van der Waals surface area contributed by atoms with Gasteiger partial charge >= 0.3 is 0 Å². The van der Waals surface area contributed by atoms with E-state index in [1.54, 1.807) is 13.3 Å². The van der Waals surface area contributed by atoms with E-state index in [0.717, 1.165) is 28.0 Å². The summed E-state index contributed by atoms with van der Waals surface area (Å²) in [6, 6.07) is 17.0. The molecule has 0 saturated carbocycles. The van der Waals surface area contributed by atoms with Gasteiger partial charge in [0.1, 0.15) is 5.75 Å². The SMILES string of the molecule is COc1ccc2cc(C(=O)Nc3cccc(-n4nccc4C)c3)c(C)nc2c1. The van der Waals surface area contributed by atoms with E-state index < -0.39 is 0 Å². The Kier molecular flexibility index (Phi) is 4.53. The van der Waals surface area contributed by atoms with Gasteiger partial charge in [-0.15, -0.1) is 0 Å². The third-order valence-electron chi connectivity index (χ3n) is 4.64. The highest BCUT2D eigenvalue weighted by Crippen LogP contribution is 2.23. The molecule has 0 unspecified atom stereocenters. The van der Waals surface area contributed by atoms with Crippen molar-refractivity contribution >= 4 is 22.5 Å². The number of nitrogens with one attached hydrogen (secondary N) is 1. The summed E-state index contributed by atoms with van der Waals surface area (Å²) in [5, 5.41) is 8.16. The summed E-state index contributed by atoms with van der Waals surface area (Å²) in [4.78, 5) is 17.4. The maximum Gasteiger partial charge on any atom is 0.257 e. The van der Waals surface area contributed by atoms with E-state index in [4.69, 9.17) is 4.74 Å². The Balaban J connectivity index is 1.63. The van der Waals surface area contributed by atoms with Crippen molar-refractivity contribution in [2.45, 2.75) is 13.8 Å². The lowest BCUT2D eigenvalue weighted by Crippen LogP contribution is -2.14. The summed E-state index contributed by atoms with van der Waals surface area (Å²) in [6.45, 7) is 3.81. The number of anilines is 1. The van der Waals surface area contributed by atoms with Gasteiger partial charge in [0.15, 0.2) is 0 Å². The molecule has 6 nitrogen and oxygen atoms in total. The van der Waals surface area contributed by atoms with Crippen LogP contribution in [0.15, 0.2) is 60.8 Å². The quantitative estimate of drug-likeness (QED) is 0.580. The molecule has 0 atom stereocenters. The second-order valence-electron chi connectivity index (χ2n) is 6.57. The van der Waals surface area contributed by atoms with E-state index in [2.05, 4.69) is 15.4 Å². The molecule has 2 heterocycles. The first-order valence-corrected chi connectivity index (χ1v) is 8.93. The molecular formula is C22H20N4O2. The summed E-state index contributed by atoms with van der Waals surface area (Å²) in [7, 11) is 1.62. The van der Waals surface area contributed by atoms with Crippen molar-refractivity contribution in [3.05, 3.63) is 77.7 Å². The molecule has 140 valence electrons. The average Bonchev–Trinajstić information content (AvgIpc) is 3.13. The van der Waals surface area contributed by atoms with Crippen molar-refractivity contribution in [3.63, 3.8) is 0 Å². The number of amides is 1. The highest BCUT2D eigenvalue weighted by Gasteiger charge is 2.13. The molecule has 0 bridgehead atoms. The lowest BCUT2D eigenvalue weighted by atomic mass is 10.1. The molecule has 0 saturated heterocycles. The monoisotopic (exact) mass is 372 g/mol. The summed E-state index contributed by atoms with van der Waals surface area (Å²) >= 11 is 0. The number of aryl methyl sites for hydroxylation is 2. The van der Waals surface area contributed by atoms with Crippen LogP contribution in [-0.4, -0.2) is 27.8 Å². The van der Waals surface area contributed by atoms with Crippen LogP contribution in [0.25, 0.3) is 16.6 Å². The van der Waals surface area contributed by atoms with E-state index in [-0.39, 0.29) is 5.91 Å². The largest absolute Gasteiger partial charge is 0.497 e. The van der Waals surface area contributed by atoms with Crippen LogP contribution in [0, 0.1) is 13.8 Å². The van der Waals surface area contributed by atoms with Gasteiger partial charge in [-0.3, -0.25) is 9.78 Å². The third kappa shape index (κ3) is 3.32. The van der Waals surface area contributed by atoms with Crippen molar-refractivity contribution in [2.75, 3.05) is 12.4 Å². The number of hydrogen-bond donors (Lipinski definition) is 1. The maximum atomic E-state index is 12.9. The van der Waals surface area contributed by atoms with Gasteiger partial charge in [0.05, 0.1) is 29.6 Å². The minimum Gasteiger partial charge on any atom is -0.497 e. The topological polar surface area (TPSA) is 69.0 Å². The van der Waals surface area contributed by atoms with E-state index in [1.165, 1.54) is 0 Å². The van der Waals surface area contributed by atoms with Gasteiger partial charge in [-0.1, -0.05) is 6.07 Å². The molecule has 0 radical (unpaired) electrons. The van der Waals surface area contributed by atoms with Crippen LogP contribution < -0.4 is 10.1 Å². The van der Waals surface area contributed by atoms with E-state index in [0.29, 0.717) is 16.9 Å². The maximum absolute atomic E-state index is 12.9. The van der Waals surface area contributed by atoms with Crippen molar-refractivity contribution in [1.82, 2.24) is 14.8 Å². The van der Waals surface area contributed by atoms with Gasteiger partial charge in [0.2, 0.25) is 0 Å². The van der Waals surface area contributed by atoms with Crippen molar-refractivity contribution in [3.8, 4) is 11.4 Å². The predicted molar refractivity (Wildman–Crippen MR) is 109 cm³/mol. The first-order valence-electron chi connectivity index (χ1n) is 8.93. The Morgan fingerprint density at radius 3 is 2.68 bits per heavy atom. The Morgan fingerprint density at radius 1 is 1.07 bits per heavy atom. The number of methoxy groups -OCH3 is 1. The fraction of sp³-hybridized carbons (Fsp3) is 0.136. The number of pyridine rings is 1. The molecule has 0 spiro atoms. The second-order valence-corrected chi connectivity index (χ2v) is 6.57. The second kappa shape index (κ2) is 7.15. The number of carbonyl (C=O) groups excluding carboxylic acids is 1. The molecule has 2 aromatic carbocycles. The molecule has 28 heavy (non-hydrogen) atoms. The molecule has 6 heteroatoms. The number of nitrogens with zero attached hydrogens (tertiary/aromatic N) is 3. The van der Waals surface area contributed by atoms with Gasteiger partial charge in [0, 0.05) is 29.0 Å². The van der Waals surface area contributed by atoms with Crippen LogP contribution in [0.3, 0.4) is 0 Å². The van der Waals surface area contributed by atoms with E-state index >= 15 is 0 Å². The molecule has 0 aliphatic heterocycles. The Labute approximate surface area is 162 Å². The highest BCUT2D eigenvalue weighted by atomic mass is 16.5. The Bertz CT molecular complexity index is 1180. The molecule has 4 rings (SSSR count). The molecule has 2 aromatic heterocycles. The van der Waals surface area contributed by atoms with Crippen molar-refractivity contribution in [1.29, 1.82) is 0 Å². The smallest absolute Gasteiger partial charge is 0.257 e. The van der Waals surface area contributed by atoms with Crippen LogP contribution in [0.5, 0.6) is 5.75 Å². The third-order valence-corrected chi connectivity index (χ3v) is 4.64. The lowest BCUT2D eigenvalue weighted by Gasteiger charge is -2.11. The van der Waals surface area contributed by atoms with Crippen molar-refractivity contribution < 1.29 is 9.53 Å². The molecule has 1 amide bonds. The van der Waals surface area contributed by atoms with E-state index in [1.807, 2.05) is 73.1 Å². The number of carbonyl (C=O) groups is 1. The number of aromatic nitrogens is 3. The van der Waals surface area contributed by atoms with Gasteiger partial charge in [0.25, 0.3) is 5.91 Å². The molecule has 0 aliphatic rings. The molecule has 1 N–H and O–H groups in total. The molecule has 0 aliphatic carbocycles. The number of benzene rings is 2. The predicted octanol–water partition coefficient (Wildman–Crippen LogP) is 4.30. The number of fused-ring (bicyclic) bond motifs is 1. The van der Waals surface area contributed by atoms with E-state index in [9.17, 15) is 4.79 Å². The standard InChI is InChI=1S/C22H20N4O2/c1-14-9-10-23-26(14)18-6-4-5-17(12-18)25-22(27)20-11-16-7-8-19(28-3)13-21(16)24-15(20)2/h4-13H,1-3H3,(H,25,27). The highest BCUT2D eigenvalue weighted by molar-refractivity contribution is 6.07. The van der Waals surface area contributed by atoms with Gasteiger partial charge in [-0.05, 0) is 56.3 Å². The summed E-state index contributed by atoms with van der Waals surface area (Å²) in [5.41, 5.74) is 4.61. The van der Waals surface area contributed by atoms with Crippen LogP contribution in [-0.2, 0) is 0 Å². The number of hydrogen-bond acceptors (Lipinski definition) is 4. The molecule has 0 fully saturated rings. The zero-order valence-corrected chi connectivity index (χ0v) is 15.9.